The summed E-state index contributed by atoms with van der Waals surface area (Å²) in [5, 5.41) is 3.37. The van der Waals surface area contributed by atoms with Crippen LogP contribution in [0.1, 0.15) is 43.9 Å². The molecule has 0 saturated carbocycles. The number of anilines is 1. The number of amides is 2. The van der Waals surface area contributed by atoms with Crippen LogP contribution < -0.4 is 9.62 Å². The van der Waals surface area contributed by atoms with Crippen molar-refractivity contribution in [2.75, 3.05) is 10.8 Å². The number of carbonyl (C=O) groups excluding carboxylic acids is 2. The summed E-state index contributed by atoms with van der Waals surface area (Å²) in [5.74, 6) is -0.878. The second-order valence-electron chi connectivity index (χ2n) is 9.89. The van der Waals surface area contributed by atoms with Crippen LogP contribution in [0.2, 0.25) is 10.0 Å². The number of benzene rings is 3. The van der Waals surface area contributed by atoms with Crippen LogP contribution in [-0.4, -0.2) is 43.8 Å². The summed E-state index contributed by atoms with van der Waals surface area (Å²) in [6.45, 7) is 8.80. The van der Waals surface area contributed by atoms with Gasteiger partial charge in [0, 0.05) is 22.6 Å². The second kappa shape index (κ2) is 13.5. The summed E-state index contributed by atoms with van der Waals surface area (Å²) in [6, 6.07) is 17.3. The average molecular weight is 605 g/mol. The lowest BCUT2D eigenvalue weighted by atomic mass is 10.1. The molecule has 0 spiro atoms. The fourth-order valence-electron chi connectivity index (χ4n) is 4.07. The smallest absolute Gasteiger partial charge is 0.264 e. The van der Waals surface area contributed by atoms with E-state index in [0.29, 0.717) is 0 Å². The van der Waals surface area contributed by atoms with Crippen molar-refractivity contribution >= 4 is 50.7 Å². The van der Waals surface area contributed by atoms with Gasteiger partial charge in [0.1, 0.15) is 12.6 Å². The Morgan fingerprint density at radius 1 is 0.925 bits per heavy atom. The van der Waals surface area contributed by atoms with Gasteiger partial charge in [-0.2, -0.15) is 0 Å². The highest BCUT2D eigenvalue weighted by molar-refractivity contribution is 7.92. The van der Waals surface area contributed by atoms with Crippen LogP contribution in [-0.2, 0) is 26.2 Å². The molecule has 0 aliphatic carbocycles. The molecule has 2 amide bonds. The van der Waals surface area contributed by atoms with Gasteiger partial charge < -0.3 is 10.2 Å². The van der Waals surface area contributed by atoms with Gasteiger partial charge in [-0.25, -0.2) is 8.42 Å². The molecule has 214 valence electrons. The molecule has 0 bridgehead atoms. The van der Waals surface area contributed by atoms with Gasteiger partial charge in [0.25, 0.3) is 10.0 Å². The zero-order chi connectivity index (χ0) is 29.6. The van der Waals surface area contributed by atoms with Crippen LogP contribution >= 0.6 is 23.2 Å². The molecule has 0 fully saturated rings. The summed E-state index contributed by atoms with van der Waals surface area (Å²) in [6.07, 6.45) is 0.725. The van der Waals surface area contributed by atoms with Gasteiger partial charge in [-0.05, 0) is 75.6 Å². The predicted molar refractivity (Wildman–Crippen MR) is 161 cm³/mol. The first-order valence-electron chi connectivity index (χ1n) is 13.0. The average Bonchev–Trinajstić information content (AvgIpc) is 2.90. The third-order valence-electron chi connectivity index (χ3n) is 6.79. The Morgan fingerprint density at radius 2 is 1.52 bits per heavy atom. The SMILES string of the molecule is CC[C@H](C)NC(=O)[C@@H](C)N(Cc1ccccc1C)C(=O)CN(c1cc(Cl)cc(Cl)c1)S(=O)(=O)c1ccc(C)cc1. The van der Waals surface area contributed by atoms with Crippen LogP contribution in [0.25, 0.3) is 0 Å². The number of hydrogen-bond donors (Lipinski definition) is 1. The fraction of sp³-hybridized carbons (Fsp3) is 0.333. The van der Waals surface area contributed by atoms with Crippen molar-refractivity contribution in [1.82, 2.24) is 10.2 Å². The molecule has 0 heterocycles. The van der Waals surface area contributed by atoms with E-state index in [4.69, 9.17) is 23.2 Å². The van der Waals surface area contributed by atoms with Crippen molar-refractivity contribution in [2.24, 2.45) is 0 Å². The number of aryl methyl sites for hydroxylation is 2. The Hall–Kier alpha value is -3.07. The Balaban J connectivity index is 2.07. The van der Waals surface area contributed by atoms with E-state index in [1.807, 2.05) is 52.0 Å². The molecule has 3 aromatic carbocycles. The molecule has 0 aromatic heterocycles. The summed E-state index contributed by atoms with van der Waals surface area (Å²) in [7, 11) is -4.21. The normalized spacial score (nSPS) is 12.9. The first-order valence-corrected chi connectivity index (χ1v) is 15.2. The van der Waals surface area contributed by atoms with E-state index in [9.17, 15) is 18.0 Å². The first kappa shape index (κ1) is 31.5. The third kappa shape index (κ3) is 7.77. The fourth-order valence-corrected chi connectivity index (χ4v) is 5.98. The molecule has 0 unspecified atom stereocenters. The van der Waals surface area contributed by atoms with Crippen molar-refractivity contribution in [3.8, 4) is 0 Å². The Bertz CT molecular complexity index is 1440. The van der Waals surface area contributed by atoms with E-state index in [0.717, 1.165) is 27.4 Å². The molecule has 2 atom stereocenters. The lowest BCUT2D eigenvalue weighted by molar-refractivity contribution is -0.139. The molecule has 0 radical (unpaired) electrons. The summed E-state index contributed by atoms with van der Waals surface area (Å²) < 4.78 is 28.8. The number of carbonyl (C=O) groups is 2. The standard InChI is InChI=1S/C30H35Cl2N3O4S/c1-6-22(4)33-30(37)23(5)34(18-24-10-8-7-9-21(24)3)29(36)19-35(27-16-25(31)15-26(32)17-27)40(38,39)28-13-11-20(2)12-14-28/h7-17,22-23H,6,18-19H2,1-5H3,(H,33,37)/t22-,23+/m0/s1. The zero-order valence-corrected chi connectivity index (χ0v) is 25.6. The van der Waals surface area contributed by atoms with Gasteiger partial charge >= 0.3 is 0 Å². The maximum atomic E-state index is 14.0. The molecule has 3 rings (SSSR count). The number of halogens is 2. The number of rotatable bonds is 11. The van der Waals surface area contributed by atoms with Gasteiger partial charge in [-0.1, -0.05) is 72.1 Å². The molecule has 3 aromatic rings. The lowest BCUT2D eigenvalue weighted by Gasteiger charge is -2.33. The number of nitrogens with zero attached hydrogens (tertiary/aromatic N) is 2. The molecule has 0 saturated heterocycles. The van der Waals surface area contributed by atoms with Crippen molar-refractivity contribution in [3.05, 3.63) is 93.5 Å². The first-order chi connectivity index (χ1) is 18.8. The van der Waals surface area contributed by atoms with Crippen LogP contribution in [0, 0.1) is 13.8 Å². The highest BCUT2D eigenvalue weighted by Gasteiger charge is 2.33. The zero-order valence-electron chi connectivity index (χ0n) is 23.3. The van der Waals surface area contributed by atoms with E-state index in [2.05, 4.69) is 5.32 Å². The van der Waals surface area contributed by atoms with E-state index < -0.39 is 28.5 Å². The topological polar surface area (TPSA) is 86.8 Å². The molecular formula is C30H35Cl2N3O4S. The van der Waals surface area contributed by atoms with Crippen LogP contribution in [0.5, 0.6) is 0 Å². The number of hydrogen-bond acceptors (Lipinski definition) is 4. The minimum absolute atomic E-state index is 0.00927. The maximum absolute atomic E-state index is 14.0. The lowest BCUT2D eigenvalue weighted by Crippen LogP contribution is -2.52. The third-order valence-corrected chi connectivity index (χ3v) is 9.02. The monoisotopic (exact) mass is 603 g/mol. The molecule has 40 heavy (non-hydrogen) atoms. The highest BCUT2D eigenvalue weighted by atomic mass is 35.5. The van der Waals surface area contributed by atoms with Crippen molar-refractivity contribution in [3.63, 3.8) is 0 Å². The predicted octanol–water partition coefficient (Wildman–Crippen LogP) is 6.14. The van der Waals surface area contributed by atoms with E-state index in [1.165, 1.54) is 35.2 Å². The summed E-state index contributed by atoms with van der Waals surface area (Å²) >= 11 is 12.5. The van der Waals surface area contributed by atoms with Gasteiger partial charge in [-0.3, -0.25) is 13.9 Å². The molecule has 1 N–H and O–H groups in total. The molecule has 10 heteroatoms. The minimum atomic E-state index is -4.21. The van der Waals surface area contributed by atoms with Crippen molar-refractivity contribution < 1.29 is 18.0 Å². The number of nitrogens with one attached hydrogen (secondary N) is 1. The second-order valence-corrected chi connectivity index (χ2v) is 12.6. The van der Waals surface area contributed by atoms with Crippen LogP contribution in [0.3, 0.4) is 0 Å². The molecule has 0 aliphatic rings. The Kier molecular flexibility index (Phi) is 10.6. The van der Waals surface area contributed by atoms with E-state index in [-0.39, 0.29) is 39.1 Å². The maximum Gasteiger partial charge on any atom is 0.264 e. The Morgan fingerprint density at radius 3 is 2.10 bits per heavy atom. The molecular weight excluding hydrogens is 569 g/mol. The van der Waals surface area contributed by atoms with Crippen molar-refractivity contribution in [2.45, 2.75) is 64.6 Å². The molecule has 0 aliphatic heterocycles. The highest BCUT2D eigenvalue weighted by Crippen LogP contribution is 2.30. The van der Waals surface area contributed by atoms with Crippen LogP contribution in [0.4, 0.5) is 5.69 Å². The van der Waals surface area contributed by atoms with Crippen molar-refractivity contribution in [1.29, 1.82) is 0 Å². The quantitative estimate of drug-likeness (QED) is 0.285. The van der Waals surface area contributed by atoms with E-state index >= 15 is 0 Å². The summed E-state index contributed by atoms with van der Waals surface area (Å²) in [4.78, 5) is 28.6. The largest absolute Gasteiger partial charge is 0.352 e. The van der Waals surface area contributed by atoms with Gasteiger partial charge in [-0.15, -0.1) is 0 Å². The Labute approximate surface area is 247 Å². The number of sulfonamides is 1. The van der Waals surface area contributed by atoms with Gasteiger partial charge in [0.15, 0.2) is 0 Å². The summed E-state index contributed by atoms with van der Waals surface area (Å²) in [5.41, 5.74) is 2.82. The van der Waals surface area contributed by atoms with Gasteiger partial charge in [0.2, 0.25) is 11.8 Å². The van der Waals surface area contributed by atoms with Gasteiger partial charge in [0.05, 0.1) is 10.6 Å². The van der Waals surface area contributed by atoms with Crippen LogP contribution in [0.15, 0.2) is 71.6 Å². The van der Waals surface area contributed by atoms with E-state index in [1.54, 1.807) is 19.1 Å². The molecule has 7 nitrogen and oxygen atoms in total. The minimum Gasteiger partial charge on any atom is -0.352 e.